The minimum atomic E-state index is -0.297. The fraction of sp³-hybridized carbons (Fsp3) is 0.375. The Morgan fingerprint density at radius 2 is 2.55 bits per heavy atom. The van der Waals surface area contributed by atoms with Crippen LogP contribution in [0.4, 0.5) is 0 Å². The molecule has 1 aromatic rings. The van der Waals surface area contributed by atoms with Crippen LogP contribution < -0.4 is 5.73 Å². The molecule has 1 atom stereocenters. The molecule has 11 heavy (non-hydrogen) atoms. The number of primary amides is 1. The fourth-order valence-corrected chi connectivity index (χ4v) is 0.974. The summed E-state index contributed by atoms with van der Waals surface area (Å²) in [4.78, 5) is 10.5. The number of carbonyl (C=O) groups is 1. The highest BCUT2D eigenvalue weighted by atomic mass is 16.3. The van der Waals surface area contributed by atoms with E-state index < -0.39 is 0 Å². The fourth-order valence-electron chi connectivity index (χ4n) is 0.974. The summed E-state index contributed by atoms with van der Waals surface area (Å²) in [6.45, 7) is 1.91. The second-order valence-corrected chi connectivity index (χ2v) is 2.59. The summed E-state index contributed by atoms with van der Waals surface area (Å²) >= 11 is 0. The molecular formula is C8H11NO2. The molecule has 3 nitrogen and oxygen atoms in total. The third-order valence-corrected chi connectivity index (χ3v) is 1.54. The molecule has 0 spiro atoms. The number of rotatable bonds is 3. The molecule has 2 N–H and O–H groups in total. The predicted molar refractivity (Wildman–Crippen MR) is 40.9 cm³/mol. The summed E-state index contributed by atoms with van der Waals surface area (Å²) in [5.41, 5.74) is 5.02. The van der Waals surface area contributed by atoms with E-state index in [4.69, 9.17) is 10.2 Å². The lowest BCUT2D eigenvalue weighted by Gasteiger charge is -2.03. The van der Waals surface area contributed by atoms with Crippen LogP contribution in [0.3, 0.4) is 0 Å². The standard InChI is InChI=1S/C8H11NO2/c1-6(5-8(9)10)7-3-2-4-11-7/h2-4,6H,5H2,1H3,(H2,9,10). The van der Waals surface area contributed by atoms with Crippen molar-refractivity contribution in [1.29, 1.82) is 0 Å². The van der Waals surface area contributed by atoms with Crippen molar-refractivity contribution in [3.63, 3.8) is 0 Å². The van der Waals surface area contributed by atoms with E-state index in [0.717, 1.165) is 5.76 Å². The van der Waals surface area contributed by atoms with E-state index in [1.54, 1.807) is 12.3 Å². The third kappa shape index (κ3) is 2.11. The average molecular weight is 153 g/mol. The van der Waals surface area contributed by atoms with Gasteiger partial charge in [0.05, 0.1) is 6.26 Å². The summed E-state index contributed by atoms with van der Waals surface area (Å²) in [5, 5.41) is 0. The van der Waals surface area contributed by atoms with Crippen LogP contribution in [0.25, 0.3) is 0 Å². The monoisotopic (exact) mass is 153 g/mol. The van der Waals surface area contributed by atoms with Crippen molar-refractivity contribution in [3.05, 3.63) is 24.2 Å². The number of hydrogen-bond donors (Lipinski definition) is 1. The van der Waals surface area contributed by atoms with Gasteiger partial charge in [-0.1, -0.05) is 6.92 Å². The van der Waals surface area contributed by atoms with Crippen LogP contribution in [0.15, 0.2) is 22.8 Å². The van der Waals surface area contributed by atoms with Crippen molar-refractivity contribution in [1.82, 2.24) is 0 Å². The largest absolute Gasteiger partial charge is 0.469 e. The maximum atomic E-state index is 10.5. The highest BCUT2D eigenvalue weighted by Gasteiger charge is 2.10. The number of furan rings is 1. The number of carbonyl (C=O) groups excluding carboxylic acids is 1. The summed E-state index contributed by atoms with van der Waals surface area (Å²) in [7, 11) is 0. The first kappa shape index (κ1) is 7.85. The quantitative estimate of drug-likeness (QED) is 0.710. The Hall–Kier alpha value is -1.25. The molecule has 0 fully saturated rings. The first-order chi connectivity index (χ1) is 5.20. The second kappa shape index (κ2) is 3.23. The maximum Gasteiger partial charge on any atom is 0.218 e. The van der Waals surface area contributed by atoms with Gasteiger partial charge in [0, 0.05) is 12.3 Å². The molecule has 0 radical (unpaired) electrons. The van der Waals surface area contributed by atoms with E-state index >= 15 is 0 Å². The molecule has 0 saturated carbocycles. The number of amides is 1. The van der Waals surface area contributed by atoms with Crippen molar-refractivity contribution < 1.29 is 9.21 Å². The first-order valence-corrected chi connectivity index (χ1v) is 3.52. The number of hydrogen-bond acceptors (Lipinski definition) is 2. The van der Waals surface area contributed by atoms with Gasteiger partial charge in [-0.05, 0) is 12.1 Å². The van der Waals surface area contributed by atoms with Crippen LogP contribution in [-0.4, -0.2) is 5.91 Å². The smallest absolute Gasteiger partial charge is 0.218 e. The van der Waals surface area contributed by atoms with Crippen molar-refractivity contribution in [2.24, 2.45) is 5.73 Å². The Bertz CT molecular complexity index is 228. The van der Waals surface area contributed by atoms with Crippen molar-refractivity contribution in [3.8, 4) is 0 Å². The van der Waals surface area contributed by atoms with Gasteiger partial charge in [-0.3, -0.25) is 4.79 Å². The summed E-state index contributed by atoms with van der Waals surface area (Å²) in [6, 6.07) is 3.64. The SMILES string of the molecule is CC(CC(N)=O)c1ccco1. The molecule has 1 heterocycles. The lowest BCUT2D eigenvalue weighted by molar-refractivity contribution is -0.118. The van der Waals surface area contributed by atoms with Crippen molar-refractivity contribution in [2.45, 2.75) is 19.3 Å². The van der Waals surface area contributed by atoms with E-state index in [0.29, 0.717) is 6.42 Å². The van der Waals surface area contributed by atoms with Crippen LogP contribution in [0.5, 0.6) is 0 Å². The van der Waals surface area contributed by atoms with Crippen LogP contribution >= 0.6 is 0 Å². The van der Waals surface area contributed by atoms with E-state index in [2.05, 4.69) is 0 Å². The molecule has 1 aromatic heterocycles. The zero-order chi connectivity index (χ0) is 8.27. The molecule has 0 saturated heterocycles. The second-order valence-electron chi connectivity index (χ2n) is 2.59. The Kier molecular flexibility index (Phi) is 2.31. The van der Waals surface area contributed by atoms with E-state index in [9.17, 15) is 4.79 Å². The third-order valence-electron chi connectivity index (χ3n) is 1.54. The van der Waals surface area contributed by atoms with Gasteiger partial charge < -0.3 is 10.2 Å². The van der Waals surface area contributed by atoms with E-state index in [-0.39, 0.29) is 11.8 Å². The van der Waals surface area contributed by atoms with Crippen LogP contribution in [0, 0.1) is 0 Å². The van der Waals surface area contributed by atoms with Gasteiger partial charge in [0.2, 0.25) is 5.91 Å². The molecule has 1 rings (SSSR count). The van der Waals surface area contributed by atoms with Gasteiger partial charge in [-0.25, -0.2) is 0 Å². The van der Waals surface area contributed by atoms with Gasteiger partial charge >= 0.3 is 0 Å². The maximum absolute atomic E-state index is 10.5. The van der Waals surface area contributed by atoms with Crippen LogP contribution in [0.1, 0.15) is 25.0 Å². The zero-order valence-corrected chi connectivity index (χ0v) is 6.41. The normalized spacial score (nSPS) is 12.8. The minimum absolute atomic E-state index is 0.0856. The zero-order valence-electron chi connectivity index (χ0n) is 6.41. The molecule has 1 unspecified atom stereocenters. The number of nitrogens with two attached hydrogens (primary N) is 1. The molecule has 60 valence electrons. The Balaban J connectivity index is 2.56. The minimum Gasteiger partial charge on any atom is -0.469 e. The molecule has 0 aromatic carbocycles. The Labute approximate surface area is 65.2 Å². The highest BCUT2D eigenvalue weighted by Crippen LogP contribution is 2.18. The molecule has 0 aliphatic carbocycles. The molecule has 0 aliphatic rings. The molecule has 0 aliphatic heterocycles. The summed E-state index contributed by atoms with van der Waals surface area (Å²) < 4.78 is 5.09. The van der Waals surface area contributed by atoms with Crippen molar-refractivity contribution >= 4 is 5.91 Å². The van der Waals surface area contributed by atoms with Gasteiger partial charge in [0.1, 0.15) is 5.76 Å². The molecule has 0 bridgehead atoms. The predicted octanol–water partition coefficient (Wildman–Crippen LogP) is 1.26. The Morgan fingerprint density at radius 3 is 3.00 bits per heavy atom. The van der Waals surface area contributed by atoms with E-state index in [1.807, 2.05) is 13.0 Å². The van der Waals surface area contributed by atoms with Crippen LogP contribution in [-0.2, 0) is 4.79 Å². The molecule has 3 heteroatoms. The highest BCUT2D eigenvalue weighted by molar-refractivity contribution is 5.74. The summed E-state index contributed by atoms with van der Waals surface area (Å²) in [6.07, 6.45) is 1.93. The van der Waals surface area contributed by atoms with Gasteiger partial charge in [0.15, 0.2) is 0 Å². The average Bonchev–Trinajstić information content (AvgIpc) is 2.35. The topological polar surface area (TPSA) is 56.2 Å². The van der Waals surface area contributed by atoms with Gasteiger partial charge in [0.25, 0.3) is 0 Å². The molecular weight excluding hydrogens is 142 g/mol. The van der Waals surface area contributed by atoms with E-state index in [1.165, 1.54) is 0 Å². The van der Waals surface area contributed by atoms with Gasteiger partial charge in [-0.2, -0.15) is 0 Å². The van der Waals surface area contributed by atoms with Crippen LogP contribution in [0.2, 0.25) is 0 Å². The Morgan fingerprint density at radius 1 is 1.82 bits per heavy atom. The summed E-state index contributed by atoms with van der Waals surface area (Å²) in [5.74, 6) is 0.597. The van der Waals surface area contributed by atoms with Gasteiger partial charge in [-0.15, -0.1) is 0 Å². The first-order valence-electron chi connectivity index (χ1n) is 3.52. The lowest BCUT2D eigenvalue weighted by atomic mass is 10.1. The lowest BCUT2D eigenvalue weighted by Crippen LogP contribution is -2.13. The molecule has 1 amide bonds. The van der Waals surface area contributed by atoms with Crippen molar-refractivity contribution in [2.75, 3.05) is 0 Å².